The molecule has 1 fully saturated rings. The van der Waals surface area contributed by atoms with Crippen molar-refractivity contribution in [3.05, 3.63) is 57.5 Å². The van der Waals surface area contributed by atoms with Crippen LogP contribution in [0.2, 0.25) is 0 Å². The molecule has 178 valence electrons. The zero-order valence-corrected chi connectivity index (χ0v) is 18.5. The minimum atomic E-state index is -4.53. The molecule has 0 bridgehead atoms. The van der Waals surface area contributed by atoms with Crippen molar-refractivity contribution in [3.63, 3.8) is 0 Å². The van der Waals surface area contributed by atoms with Crippen molar-refractivity contribution >= 4 is 11.8 Å². The summed E-state index contributed by atoms with van der Waals surface area (Å²) in [5.41, 5.74) is -1.40. The first-order chi connectivity index (χ1) is 15.6. The Morgan fingerprint density at radius 2 is 1.82 bits per heavy atom. The summed E-state index contributed by atoms with van der Waals surface area (Å²) in [6.45, 7) is 5.85. The van der Waals surface area contributed by atoms with Gasteiger partial charge in [-0.25, -0.2) is 4.68 Å². The summed E-state index contributed by atoms with van der Waals surface area (Å²) in [5.74, 6) is -0.670. The lowest BCUT2D eigenvalue weighted by atomic mass is 10.2. The number of aromatic nitrogens is 2. The van der Waals surface area contributed by atoms with Crippen LogP contribution in [0.1, 0.15) is 35.1 Å². The van der Waals surface area contributed by atoms with Crippen LogP contribution in [0.5, 0.6) is 0 Å². The Morgan fingerprint density at radius 3 is 2.45 bits per heavy atom. The highest BCUT2D eigenvalue weighted by atomic mass is 19.4. The number of nitrogens with zero attached hydrogens (tertiary/aromatic N) is 4. The summed E-state index contributed by atoms with van der Waals surface area (Å²) >= 11 is 0. The van der Waals surface area contributed by atoms with Crippen LogP contribution in [0, 0.1) is 6.92 Å². The Kier molecular flexibility index (Phi) is 7.52. The second kappa shape index (κ2) is 10.2. The number of hydrogen-bond acceptors (Lipinski definition) is 5. The number of aryl methyl sites for hydroxylation is 1. The highest BCUT2D eigenvalue weighted by molar-refractivity contribution is 5.92. The molecular formula is C22H26F3N5O3. The van der Waals surface area contributed by atoms with Crippen LogP contribution in [-0.2, 0) is 11.0 Å². The molecule has 2 aromatic rings. The molecule has 1 aliphatic heterocycles. The monoisotopic (exact) mass is 465 g/mol. The van der Waals surface area contributed by atoms with E-state index in [1.54, 1.807) is 0 Å². The second-order valence-corrected chi connectivity index (χ2v) is 7.88. The number of rotatable bonds is 6. The van der Waals surface area contributed by atoms with E-state index in [4.69, 9.17) is 0 Å². The van der Waals surface area contributed by atoms with Gasteiger partial charge in [-0.3, -0.25) is 19.3 Å². The molecule has 0 aliphatic carbocycles. The molecule has 11 heteroatoms. The van der Waals surface area contributed by atoms with Gasteiger partial charge in [0.05, 0.1) is 17.8 Å². The molecule has 0 unspecified atom stereocenters. The number of halogens is 3. The van der Waals surface area contributed by atoms with Gasteiger partial charge in [-0.05, 0) is 31.5 Å². The quantitative estimate of drug-likeness (QED) is 0.704. The van der Waals surface area contributed by atoms with Crippen LogP contribution in [0.3, 0.4) is 0 Å². The third-order valence-electron chi connectivity index (χ3n) is 5.33. The molecule has 1 aliphatic rings. The molecule has 0 saturated carbocycles. The number of amides is 2. The van der Waals surface area contributed by atoms with E-state index in [1.807, 2.05) is 11.8 Å². The highest BCUT2D eigenvalue weighted by Crippen LogP contribution is 2.30. The van der Waals surface area contributed by atoms with E-state index >= 15 is 0 Å². The molecule has 2 amide bonds. The number of benzene rings is 1. The molecule has 33 heavy (non-hydrogen) atoms. The summed E-state index contributed by atoms with van der Waals surface area (Å²) in [6, 6.07) is 5.72. The summed E-state index contributed by atoms with van der Waals surface area (Å²) < 4.78 is 40.5. The fourth-order valence-electron chi connectivity index (χ4n) is 3.55. The third kappa shape index (κ3) is 5.98. The van der Waals surface area contributed by atoms with Crippen molar-refractivity contribution < 1.29 is 22.8 Å². The maximum absolute atomic E-state index is 13.1. The van der Waals surface area contributed by atoms with Gasteiger partial charge in [0.2, 0.25) is 11.3 Å². The highest BCUT2D eigenvalue weighted by Gasteiger charge is 2.31. The Hall–Kier alpha value is -3.21. The Bertz CT molecular complexity index is 1080. The van der Waals surface area contributed by atoms with E-state index in [0.29, 0.717) is 38.4 Å². The topological polar surface area (TPSA) is 87.5 Å². The van der Waals surface area contributed by atoms with E-state index in [0.717, 1.165) is 23.2 Å². The number of piperazine rings is 1. The minimum absolute atomic E-state index is 0.0826. The van der Waals surface area contributed by atoms with E-state index in [2.05, 4.69) is 10.4 Å². The number of carbonyl (C=O) groups is 2. The Labute approximate surface area is 189 Å². The lowest BCUT2D eigenvalue weighted by molar-refractivity contribution is -0.137. The van der Waals surface area contributed by atoms with Gasteiger partial charge in [0.1, 0.15) is 0 Å². The first-order valence-electron chi connectivity index (χ1n) is 10.7. The van der Waals surface area contributed by atoms with Gasteiger partial charge in [-0.1, -0.05) is 13.0 Å². The molecule has 0 spiro atoms. The van der Waals surface area contributed by atoms with Crippen LogP contribution in [0.25, 0.3) is 5.69 Å². The van der Waals surface area contributed by atoms with Gasteiger partial charge in [-0.15, -0.1) is 0 Å². The van der Waals surface area contributed by atoms with Crippen LogP contribution in [0.15, 0.2) is 35.1 Å². The smallest absolute Gasteiger partial charge is 0.355 e. The van der Waals surface area contributed by atoms with Crippen molar-refractivity contribution in [2.24, 2.45) is 0 Å². The van der Waals surface area contributed by atoms with Gasteiger partial charge < -0.3 is 10.2 Å². The first-order valence-corrected chi connectivity index (χ1v) is 10.7. The van der Waals surface area contributed by atoms with Crippen LogP contribution < -0.4 is 10.7 Å². The van der Waals surface area contributed by atoms with Gasteiger partial charge in [0.25, 0.3) is 5.91 Å². The molecule has 1 aromatic heterocycles. The summed E-state index contributed by atoms with van der Waals surface area (Å²) in [5, 5.41) is 6.91. The molecule has 8 nitrogen and oxygen atoms in total. The van der Waals surface area contributed by atoms with Gasteiger partial charge >= 0.3 is 6.18 Å². The van der Waals surface area contributed by atoms with Crippen molar-refractivity contribution in [2.45, 2.75) is 26.4 Å². The number of hydrogen-bond donors (Lipinski definition) is 1. The molecular weight excluding hydrogens is 439 g/mol. The summed E-state index contributed by atoms with van der Waals surface area (Å²) in [7, 11) is 0. The average molecular weight is 465 g/mol. The van der Waals surface area contributed by atoms with Crippen molar-refractivity contribution in [2.75, 3.05) is 39.3 Å². The second-order valence-electron chi connectivity index (χ2n) is 7.88. The predicted molar refractivity (Wildman–Crippen MR) is 115 cm³/mol. The third-order valence-corrected chi connectivity index (χ3v) is 5.33. The molecule has 3 rings (SSSR count). The van der Waals surface area contributed by atoms with Crippen LogP contribution in [0.4, 0.5) is 13.2 Å². The fourth-order valence-corrected chi connectivity index (χ4v) is 3.55. The van der Waals surface area contributed by atoms with Crippen molar-refractivity contribution in [3.8, 4) is 5.69 Å². The van der Waals surface area contributed by atoms with E-state index in [1.165, 1.54) is 30.0 Å². The molecule has 1 saturated heterocycles. The molecule has 0 radical (unpaired) electrons. The predicted octanol–water partition coefficient (Wildman–Crippen LogP) is 1.84. The largest absolute Gasteiger partial charge is 0.416 e. The number of carbonyl (C=O) groups excluding carboxylic acids is 2. The normalized spacial score (nSPS) is 14.9. The minimum Gasteiger partial charge on any atom is -0.355 e. The fraction of sp³-hybridized carbons (Fsp3) is 0.455. The zero-order valence-electron chi connectivity index (χ0n) is 18.5. The van der Waals surface area contributed by atoms with Crippen molar-refractivity contribution in [1.82, 2.24) is 24.9 Å². The molecule has 2 heterocycles. The lowest BCUT2D eigenvalue weighted by Gasteiger charge is -2.34. The maximum atomic E-state index is 13.1. The molecule has 1 N–H and O–H groups in total. The SMILES string of the molecule is CCCNC(=O)CN1CCN(C(=O)c2nn(-c3cccc(C(F)(F)F)c3)c(C)cc2=O)CC1. The standard InChI is InChI=1S/C22H26F3N5O3/c1-3-7-26-19(32)14-28-8-10-29(11-9-28)21(33)20-18(31)12-15(2)30(27-20)17-6-4-5-16(13-17)22(23,24)25/h4-6,12-13H,3,7-11,14H2,1-2H3,(H,26,32). The van der Waals surface area contributed by atoms with E-state index < -0.39 is 23.1 Å². The summed E-state index contributed by atoms with van der Waals surface area (Å²) in [4.78, 5) is 40.7. The van der Waals surface area contributed by atoms with Crippen LogP contribution >= 0.6 is 0 Å². The summed E-state index contributed by atoms with van der Waals surface area (Å²) in [6.07, 6.45) is -3.69. The molecule has 0 atom stereocenters. The van der Waals surface area contributed by atoms with Gasteiger partial charge in [0, 0.05) is 44.5 Å². The Morgan fingerprint density at radius 1 is 1.12 bits per heavy atom. The number of alkyl halides is 3. The van der Waals surface area contributed by atoms with Crippen LogP contribution in [-0.4, -0.2) is 70.7 Å². The molecule has 1 aromatic carbocycles. The first kappa shape index (κ1) is 24.4. The van der Waals surface area contributed by atoms with Gasteiger partial charge in [-0.2, -0.15) is 18.3 Å². The van der Waals surface area contributed by atoms with E-state index in [-0.39, 0.29) is 23.8 Å². The van der Waals surface area contributed by atoms with Gasteiger partial charge in [0.15, 0.2) is 5.69 Å². The maximum Gasteiger partial charge on any atom is 0.416 e. The number of nitrogens with one attached hydrogen (secondary N) is 1. The lowest BCUT2D eigenvalue weighted by Crippen LogP contribution is -2.52. The Balaban J connectivity index is 1.76. The van der Waals surface area contributed by atoms with E-state index in [9.17, 15) is 27.6 Å². The van der Waals surface area contributed by atoms with Crippen molar-refractivity contribution in [1.29, 1.82) is 0 Å². The zero-order chi connectivity index (χ0) is 24.2. The average Bonchev–Trinajstić information content (AvgIpc) is 2.77.